The summed E-state index contributed by atoms with van der Waals surface area (Å²) in [5.74, 6) is 0.964. The van der Waals surface area contributed by atoms with Crippen molar-refractivity contribution < 1.29 is 0 Å². The number of pyridine rings is 1. The van der Waals surface area contributed by atoms with Gasteiger partial charge in [-0.25, -0.2) is 4.98 Å². The highest BCUT2D eigenvalue weighted by Gasteiger charge is 2.01. The number of aromatic nitrogens is 3. The van der Waals surface area contributed by atoms with Crippen LogP contribution < -0.4 is 5.32 Å². The van der Waals surface area contributed by atoms with Gasteiger partial charge in [-0.15, -0.1) is 0 Å². The van der Waals surface area contributed by atoms with Crippen LogP contribution in [0.15, 0.2) is 30.6 Å². The molecule has 84 valence electrons. The zero-order valence-corrected chi connectivity index (χ0v) is 9.40. The lowest BCUT2D eigenvalue weighted by atomic mass is 10.2. The second-order valence-electron chi connectivity index (χ2n) is 3.63. The molecule has 0 aliphatic heterocycles. The van der Waals surface area contributed by atoms with Crippen molar-refractivity contribution in [3.63, 3.8) is 0 Å². The second-order valence-corrected chi connectivity index (χ2v) is 3.63. The SMILES string of the molecule is CCNCc1cnc(Cc2ccccn2)[nH]1. The van der Waals surface area contributed by atoms with Gasteiger partial charge >= 0.3 is 0 Å². The number of nitrogens with one attached hydrogen (secondary N) is 2. The average molecular weight is 216 g/mol. The van der Waals surface area contributed by atoms with E-state index in [2.05, 4.69) is 27.2 Å². The third kappa shape index (κ3) is 2.90. The van der Waals surface area contributed by atoms with Crippen molar-refractivity contribution >= 4 is 0 Å². The topological polar surface area (TPSA) is 53.6 Å². The van der Waals surface area contributed by atoms with Gasteiger partial charge in [0.2, 0.25) is 0 Å². The van der Waals surface area contributed by atoms with Gasteiger partial charge in [0.15, 0.2) is 0 Å². The molecule has 0 saturated heterocycles. The predicted octanol–water partition coefficient (Wildman–Crippen LogP) is 1.50. The average Bonchev–Trinajstić information content (AvgIpc) is 2.75. The van der Waals surface area contributed by atoms with Crippen LogP contribution >= 0.6 is 0 Å². The van der Waals surface area contributed by atoms with Crippen LogP contribution in [0.1, 0.15) is 24.1 Å². The van der Waals surface area contributed by atoms with Crippen molar-refractivity contribution in [3.8, 4) is 0 Å². The number of hydrogen-bond donors (Lipinski definition) is 2. The van der Waals surface area contributed by atoms with E-state index < -0.39 is 0 Å². The Morgan fingerprint density at radius 2 is 2.25 bits per heavy atom. The highest BCUT2D eigenvalue weighted by Crippen LogP contribution is 2.03. The van der Waals surface area contributed by atoms with Gasteiger partial charge in [-0.1, -0.05) is 13.0 Å². The van der Waals surface area contributed by atoms with Gasteiger partial charge in [0, 0.05) is 36.7 Å². The van der Waals surface area contributed by atoms with Gasteiger partial charge in [0.25, 0.3) is 0 Å². The Morgan fingerprint density at radius 3 is 3.00 bits per heavy atom. The Morgan fingerprint density at radius 1 is 1.31 bits per heavy atom. The summed E-state index contributed by atoms with van der Waals surface area (Å²) in [6.45, 7) is 3.89. The van der Waals surface area contributed by atoms with Crippen LogP contribution in [-0.4, -0.2) is 21.5 Å². The minimum absolute atomic E-state index is 0.757. The lowest BCUT2D eigenvalue weighted by molar-refractivity contribution is 0.712. The molecule has 4 nitrogen and oxygen atoms in total. The first kappa shape index (κ1) is 10.8. The molecule has 0 bridgehead atoms. The third-order valence-electron chi connectivity index (χ3n) is 2.32. The summed E-state index contributed by atoms with van der Waals surface area (Å²) >= 11 is 0. The number of H-pyrrole nitrogens is 1. The molecule has 0 atom stereocenters. The molecule has 0 fully saturated rings. The Balaban J connectivity index is 1.97. The molecule has 0 aliphatic rings. The molecule has 0 aliphatic carbocycles. The van der Waals surface area contributed by atoms with Gasteiger partial charge in [-0.3, -0.25) is 4.98 Å². The number of hydrogen-bond acceptors (Lipinski definition) is 3. The molecule has 0 amide bonds. The van der Waals surface area contributed by atoms with E-state index in [0.29, 0.717) is 0 Å². The second kappa shape index (κ2) is 5.42. The molecule has 0 radical (unpaired) electrons. The number of aromatic amines is 1. The first-order chi connectivity index (χ1) is 7.88. The van der Waals surface area contributed by atoms with Crippen molar-refractivity contribution in [2.75, 3.05) is 6.54 Å². The zero-order valence-electron chi connectivity index (χ0n) is 9.40. The molecule has 0 aromatic carbocycles. The molecule has 2 aromatic heterocycles. The lowest BCUT2D eigenvalue weighted by Crippen LogP contribution is -2.11. The summed E-state index contributed by atoms with van der Waals surface area (Å²) in [5, 5.41) is 3.25. The number of rotatable bonds is 5. The number of imidazole rings is 1. The summed E-state index contributed by atoms with van der Waals surface area (Å²) in [6, 6.07) is 5.92. The van der Waals surface area contributed by atoms with E-state index in [4.69, 9.17) is 0 Å². The standard InChI is InChI=1S/C12H16N4/c1-2-13-8-11-9-15-12(16-11)7-10-5-3-4-6-14-10/h3-6,9,13H,2,7-8H2,1H3,(H,15,16). The largest absolute Gasteiger partial charge is 0.344 e. The summed E-state index contributed by atoms with van der Waals surface area (Å²) in [7, 11) is 0. The summed E-state index contributed by atoms with van der Waals surface area (Å²) in [4.78, 5) is 11.9. The minimum Gasteiger partial charge on any atom is -0.344 e. The molecule has 2 N–H and O–H groups in total. The molecular weight excluding hydrogens is 200 g/mol. The quantitative estimate of drug-likeness (QED) is 0.796. The van der Waals surface area contributed by atoms with Gasteiger partial charge in [-0.05, 0) is 18.7 Å². The van der Waals surface area contributed by atoms with Crippen LogP contribution in [0.3, 0.4) is 0 Å². The Labute approximate surface area is 95.1 Å². The first-order valence-electron chi connectivity index (χ1n) is 5.52. The van der Waals surface area contributed by atoms with Gasteiger partial charge in [0.1, 0.15) is 5.82 Å². The highest BCUT2D eigenvalue weighted by molar-refractivity contribution is 5.11. The van der Waals surface area contributed by atoms with Crippen LogP contribution in [0.2, 0.25) is 0 Å². The molecule has 2 rings (SSSR count). The smallest absolute Gasteiger partial charge is 0.112 e. The predicted molar refractivity (Wildman–Crippen MR) is 63.0 cm³/mol. The van der Waals surface area contributed by atoms with E-state index in [-0.39, 0.29) is 0 Å². The molecule has 0 spiro atoms. The minimum atomic E-state index is 0.757. The Hall–Kier alpha value is -1.68. The van der Waals surface area contributed by atoms with Crippen LogP contribution in [0.4, 0.5) is 0 Å². The Kier molecular flexibility index (Phi) is 3.66. The van der Waals surface area contributed by atoms with Gasteiger partial charge in [-0.2, -0.15) is 0 Å². The van der Waals surface area contributed by atoms with Crippen LogP contribution in [0.5, 0.6) is 0 Å². The molecular formula is C12H16N4. The normalized spacial score (nSPS) is 10.6. The van der Waals surface area contributed by atoms with E-state index in [1.807, 2.05) is 24.4 Å². The van der Waals surface area contributed by atoms with Crippen molar-refractivity contribution in [2.45, 2.75) is 19.9 Å². The van der Waals surface area contributed by atoms with E-state index in [1.165, 1.54) is 0 Å². The van der Waals surface area contributed by atoms with E-state index in [9.17, 15) is 0 Å². The molecule has 0 unspecified atom stereocenters. The molecule has 16 heavy (non-hydrogen) atoms. The Bertz CT molecular complexity index is 422. The van der Waals surface area contributed by atoms with Crippen molar-refractivity contribution in [1.82, 2.24) is 20.3 Å². The maximum Gasteiger partial charge on any atom is 0.112 e. The van der Waals surface area contributed by atoms with E-state index in [1.54, 1.807) is 6.20 Å². The fourth-order valence-corrected chi connectivity index (χ4v) is 1.52. The van der Waals surface area contributed by atoms with Gasteiger partial charge in [0.05, 0.1) is 0 Å². The van der Waals surface area contributed by atoms with E-state index >= 15 is 0 Å². The highest BCUT2D eigenvalue weighted by atomic mass is 15.0. The first-order valence-corrected chi connectivity index (χ1v) is 5.52. The summed E-state index contributed by atoms with van der Waals surface area (Å²) < 4.78 is 0. The van der Waals surface area contributed by atoms with Gasteiger partial charge < -0.3 is 10.3 Å². The number of nitrogens with zero attached hydrogens (tertiary/aromatic N) is 2. The van der Waals surface area contributed by atoms with E-state index in [0.717, 1.165) is 36.7 Å². The van der Waals surface area contributed by atoms with Crippen LogP contribution in [-0.2, 0) is 13.0 Å². The molecule has 2 heterocycles. The zero-order chi connectivity index (χ0) is 11.2. The molecule has 4 heteroatoms. The monoisotopic (exact) mass is 216 g/mol. The van der Waals surface area contributed by atoms with Crippen molar-refractivity contribution in [3.05, 3.63) is 47.8 Å². The van der Waals surface area contributed by atoms with Crippen LogP contribution in [0, 0.1) is 0 Å². The molecule has 2 aromatic rings. The fourth-order valence-electron chi connectivity index (χ4n) is 1.52. The van der Waals surface area contributed by atoms with Crippen LogP contribution in [0.25, 0.3) is 0 Å². The summed E-state index contributed by atoms with van der Waals surface area (Å²) in [5.41, 5.74) is 2.15. The molecule has 0 saturated carbocycles. The summed E-state index contributed by atoms with van der Waals surface area (Å²) in [6.07, 6.45) is 4.44. The maximum atomic E-state index is 4.33. The lowest BCUT2D eigenvalue weighted by Gasteiger charge is -1.98. The third-order valence-corrected chi connectivity index (χ3v) is 2.32. The van der Waals surface area contributed by atoms with Crippen molar-refractivity contribution in [2.24, 2.45) is 0 Å². The van der Waals surface area contributed by atoms with Crippen molar-refractivity contribution in [1.29, 1.82) is 0 Å². The fraction of sp³-hybridized carbons (Fsp3) is 0.333. The maximum absolute atomic E-state index is 4.33.